The Bertz CT molecular complexity index is 2670. The normalized spacial score (nSPS) is 15.0. The van der Waals surface area contributed by atoms with Crippen LogP contribution in [0.25, 0.3) is 49.4 Å². The molecule has 1 atom stereocenters. The minimum absolute atomic E-state index is 0.316. The van der Waals surface area contributed by atoms with Crippen molar-refractivity contribution in [2.75, 3.05) is 4.90 Å². The van der Waals surface area contributed by atoms with Gasteiger partial charge in [-0.15, -0.1) is 0 Å². The van der Waals surface area contributed by atoms with Gasteiger partial charge in [0.15, 0.2) is 0 Å². The molecule has 0 aliphatic heterocycles. The van der Waals surface area contributed by atoms with Crippen LogP contribution >= 0.6 is 0 Å². The standard InChI is InChI=1S/C48H34N2/c1-48(44-24-14-13-23-40(44)41-29-33-15-11-12-16-34(33)30-45(41)48)35-25-27-46-42(31-35)43-32-39(26-28-47(43)50(46)38-21-9-4-10-22-38)49(36-17-5-2-6-18-36)37-19-7-3-8-20-37/h2-32H,1H3. The lowest BCUT2D eigenvalue weighted by atomic mass is 9.73. The third-order valence-corrected chi connectivity index (χ3v) is 10.8. The summed E-state index contributed by atoms with van der Waals surface area (Å²) in [6.45, 7) is 2.42. The summed E-state index contributed by atoms with van der Waals surface area (Å²) in [5.74, 6) is 0. The highest BCUT2D eigenvalue weighted by Gasteiger charge is 2.41. The minimum atomic E-state index is -0.316. The maximum atomic E-state index is 2.47. The fourth-order valence-corrected chi connectivity index (χ4v) is 8.40. The molecule has 1 heterocycles. The number of nitrogens with zero attached hydrogens (tertiary/aromatic N) is 2. The first-order valence-corrected chi connectivity index (χ1v) is 17.4. The Labute approximate surface area is 292 Å². The van der Waals surface area contributed by atoms with Gasteiger partial charge in [0, 0.05) is 38.9 Å². The van der Waals surface area contributed by atoms with Crippen molar-refractivity contribution in [3.05, 3.63) is 205 Å². The van der Waals surface area contributed by atoms with Crippen LogP contribution in [0.5, 0.6) is 0 Å². The third-order valence-electron chi connectivity index (χ3n) is 10.8. The molecule has 1 unspecified atom stereocenters. The van der Waals surface area contributed by atoms with Crippen molar-refractivity contribution in [2.45, 2.75) is 12.3 Å². The Morgan fingerprint density at radius 3 is 1.68 bits per heavy atom. The molecular weight excluding hydrogens is 605 g/mol. The molecule has 0 fully saturated rings. The van der Waals surface area contributed by atoms with Gasteiger partial charge in [-0.05, 0) is 124 Å². The number of hydrogen-bond acceptors (Lipinski definition) is 1. The second kappa shape index (κ2) is 11.1. The Balaban J connectivity index is 1.25. The highest BCUT2D eigenvalue weighted by Crippen LogP contribution is 2.54. The predicted octanol–water partition coefficient (Wildman–Crippen LogP) is 12.7. The molecule has 0 N–H and O–H groups in total. The largest absolute Gasteiger partial charge is 0.310 e. The molecule has 8 aromatic carbocycles. The van der Waals surface area contributed by atoms with E-state index in [1.165, 1.54) is 60.4 Å². The van der Waals surface area contributed by atoms with E-state index in [1.807, 2.05) is 0 Å². The van der Waals surface area contributed by atoms with E-state index in [-0.39, 0.29) is 5.41 Å². The molecule has 0 saturated carbocycles. The van der Waals surface area contributed by atoms with Gasteiger partial charge in [0.1, 0.15) is 0 Å². The molecule has 0 spiro atoms. The summed E-state index contributed by atoms with van der Waals surface area (Å²) in [7, 11) is 0. The average molecular weight is 639 g/mol. The van der Waals surface area contributed by atoms with E-state index in [2.05, 4.69) is 204 Å². The fraction of sp³-hybridized carbons (Fsp3) is 0.0417. The van der Waals surface area contributed by atoms with Crippen molar-refractivity contribution >= 4 is 49.6 Å². The first-order chi connectivity index (χ1) is 24.7. The summed E-state index contributed by atoms with van der Waals surface area (Å²) in [6, 6.07) is 68.7. The van der Waals surface area contributed by atoms with Crippen molar-refractivity contribution in [1.82, 2.24) is 4.57 Å². The van der Waals surface area contributed by atoms with Gasteiger partial charge in [-0.1, -0.05) is 109 Å². The molecule has 10 rings (SSSR count). The van der Waals surface area contributed by atoms with E-state index >= 15 is 0 Å². The zero-order chi connectivity index (χ0) is 33.2. The zero-order valence-corrected chi connectivity index (χ0v) is 27.8. The Morgan fingerprint density at radius 2 is 0.980 bits per heavy atom. The maximum absolute atomic E-state index is 2.47. The van der Waals surface area contributed by atoms with Gasteiger partial charge in [0.2, 0.25) is 0 Å². The first-order valence-electron chi connectivity index (χ1n) is 17.4. The molecule has 236 valence electrons. The molecule has 0 saturated heterocycles. The van der Waals surface area contributed by atoms with Crippen LogP contribution in [0, 0.1) is 0 Å². The third kappa shape index (κ3) is 4.22. The summed E-state index contributed by atoms with van der Waals surface area (Å²) in [4.78, 5) is 2.35. The van der Waals surface area contributed by atoms with Crippen molar-refractivity contribution in [3.63, 3.8) is 0 Å². The number of rotatable bonds is 5. The summed E-state index contributed by atoms with van der Waals surface area (Å²) >= 11 is 0. The first kappa shape index (κ1) is 28.6. The van der Waals surface area contributed by atoms with Crippen LogP contribution in [-0.2, 0) is 5.41 Å². The second-order valence-corrected chi connectivity index (χ2v) is 13.5. The maximum Gasteiger partial charge on any atom is 0.0542 e. The molecule has 2 nitrogen and oxygen atoms in total. The molecule has 9 aromatic rings. The van der Waals surface area contributed by atoms with Gasteiger partial charge in [-0.25, -0.2) is 0 Å². The summed E-state index contributed by atoms with van der Waals surface area (Å²) in [5.41, 5.74) is 13.3. The van der Waals surface area contributed by atoms with Crippen LogP contribution in [0.15, 0.2) is 188 Å². The Kier molecular flexibility index (Phi) is 6.34. The molecule has 0 bridgehead atoms. The van der Waals surface area contributed by atoms with Crippen LogP contribution < -0.4 is 4.90 Å². The van der Waals surface area contributed by atoms with Crippen LogP contribution in [0.3, 0.4) is 0 Å². The summed E-state index contributed by atoms with van der Waals surface area (Å²) in [5, 5.41) is 5.03. The number of fused-ring (bicyclic) bond motifs is 7. The molecule has 1 aromatic heterocycles. The number of benzene rings is 8. The summed E-state index contributed by atoms with van der Waals surface area (Å²) in [6.07, 6.45) is 0. The van der Waals surface area contributed by atoms with Crippen molar-refractivity contribution in [2.24, 2.45) is 0 Å². The monoisotopic (exact) mass is 638 g/mol. The van der Waals surface area contributed by atoms with Crippen LogP contribution in [0.2, 0.25) is 0 Å². The van der Waals surface area contributed by atoms with Gasteiger partial charge in [0.25, 0.3) is 0 Å². The van der Waals surface area contributed by atoms with E-state index in [0.717, 1.165) is 22.7 Å². The van der Waals surface area contributed by atoms with Gasteiger partial charge >= 0.3 is 0 Å². The van der Waals surface area contributed by atoms with E-state index in [9.17, 15) is 0 Å². The van der Waals surface area contributed by atoms with Crippen molar-refractivity contribution in [1.29, 1.82) is 0 Å². The molecule has 0 radical (unpaired) electrons. The summed E-state index contributed by atoms with van der Waals surface area (Å²) < 4.78 is 2.42. The number of para-hydroxylation sites is 3. The van der Waals surface area contributed by atoms with E-state index < -0.39 is 0 Å². The predicted molar refractivity (Wildman–Crippen MR) is 210 cm³/mol. The molecule has 2 heteroatoms. The molecule has 50 heavy (non-hydrogen) atoms. The van der Waals surface area contributed by atoms with Crippen LogP contribution in [0.4, 0.5) is 17.1 Å². The molecule has 1 aliphatic carbocycles. The Morgan fingerprint density at radius 1 is 0.420 bits per heavy atom. The topological polar surface area (TPSA) is 8.17 Å². The lowest BCUT2D eigenvalue weighted by Gasteiger charge is -2.29. The lowest BCUT2D eigenvalue weighted by Crippen LogP contribution is -2.22. The van der Waals surface area contributed by atoms with Crippen LogP contribution in [-0.4, -0.2) is 4.57 Å². The van der Waals surface area contributed by atoms with E-state index in [4.69, 9.17) is 0 Å². The molecule has 1 aliphatic rings. The minimum Gasteiger partial charge on any atom is -0.310 e. The number of anilines is 3. The van der Waals surface area contributed by atoms with E-state index in [0.29, 0.717) is 0 Å². The SMILES string of the molecule is CC1(c2ccc3c(c2)c2cc(N(c4ccccc4)c4ccccc4)ccc2n3-c2ccccc2)c2ccccc2-c2cc3ccccc3cc21. The van der Waals surface area contributed by atoms with Gasteiger partial charge in [0.05, 0.1) is 11.0 Å². The average Bonchev–Trinajstić information content (AvgIpc) is 3.64. The fourth-order valence-electron chi connectivity index (χ4n) is 8.40. The van der Waals surface area contributed by atoms with Crippen LogP contribution in [0.1, 0.15) is 23.6 Å². The van der Waals surface area contributed by atoms with Gasteiger partial charge in [-0.2, -0.15) is 0 Å². The van der Waals surface area contributed by atoms with Crippen molar-refractivity contribution < 1.29 is 0 Å². The Hall–Kier alpha value is -6.38. The number of aromatic nitrogens is 1. The van der Waals surface area contributed by atoms with Crippen molar-refractivity contribution in [3.8, 4) is 16.8 Å². The zero-order valence-electron chi connectivity index (χ0n) is 27.8. The van der Waals surface area contributed by atoms with Gasteiger partial charge in [-0.3, -0.25) is 0 Å². The second-order valence-electron chi connectivity index (χ2n) is 13.5. The molecular formula is C48H34N2. The number of hydrogen-bond donors (Lipinski definition) is 0. The smallest absolute Gasteiger partial charge is 0.0542 e. The van der Waals surface area contributed by atoms with Gasteiger partial charge < -0.3 is 9.47 Å². The lowest BCUT2D eigenvalue weighted by molar-refractivity contribution is 0.716. The molecule has 0 amide bonds. The highest BCUT2D eigenvalue weighted by molar-refractivity contribution is 6.11. The van der Waals surface area contributed by atoms with E-state index in [1.54, 1.807) is 0 Å². The quantitative estimate of drug-likeness (QED) is 0.182. The highest BCUT2D eigenvalue weighted by atomic mass is 15.1.